The Morgan fingerprint density at radius 1 is 1.19 bits per heavy atom. The fraction of sp³-hybridized carbons (Fsp3) is 0.0556. The highest BCUT2D eigenvalue weighted by Crippen LogP contribution is 2.32. The van der Waals surface area contributed by atoms with Crippen molar-refractivity contribution in [3.8, 4) is 17.2 Å². The van der Waals surface area contributed by atoms with E-state index in [0.717, 1.165) is 11.8 Å². The molecule has 0 saturated heterocycles. The molecule has 6 nitrogen and oxygen atoms in total. The van der Waals surface area contributed by atoms with Gasteiger partial charge < -0.3 is 14.3 Å². The van der Waals surface area contributed by atoms with Gasteiger partial charge in [0, 0.05) is 0 Å². The summed E-state index contributed by atoms with van der Waals surface area (Å²) in [6, 6.07) is 14.0. The molecule has 8 heteroatoms. The van der Waals surface area contributed by atoms with Gasteiger partial charge in [-0.05, 0) is 47.7 Å². The van der Waals surface area contributed by atoms with Crippen molar-refractivity contribution in [1.29, 1.82) is 0 Å². The van der Waals surface area contributed by atoms with Gasteiger partial charge in [0.05, 0.1) is 17.7 Å². The zero-order valence-corrected chi connectivity index (χ0v) is 15.1. The SMILES string of the molecule is COc1ccc(/C=C(/Sc2nnc(-c3ccccc3Cl)o2)C(=O)O)cc1. The number of halogens is 1. The first-order valence-electron chi connectivity index (χ1n) is 7.42. The fourth-order valence-corrected chi connectivity index (χ4v) is 2.96. The summed E-state index contributed by atoms with van der Waals surface area (Å²) in [6.45, 7) is 0. The van der Waals surface area contributed by atoms with Gasteiger partial charge in [-0.25, -0.2) is 4.79 Å². The molecule has 132 valence electrons. The van der Waals surface area contributed by atoms with Crippen molar-refractivity contribution in [2.75, 3.05) is 7.11 Å². The molecular formula is C18H13ClN2O4S. The van der Waals surface area contributed by atoms with Crippen LogP contribution in [-0.2, 0) is 4.79 Å². The third-order valence-corrected chi connectivity index (χ3v) is 4.51. The largest absolute Gasteiger partial charge is 0.497 e. The molecule has 0 bridgehead atoms. The van der Waals surface area contributed by atoms with Gasteiger partial charge in [0.25, 0.3) is 5.22 Å². The third kappa shape index (κ3) is 4.25. The van der Waals surface area contributed by atoms with Crippen LogP contribution in [0.3, 0.4) is 0 Å². The van der Waals surface area contributed by atoms with E-state index >= 15 is 0 Å². The second-order valence-electron chi connectivity index (χ2n) is 5.04. The summed E-state index contributed by atoms with van der Waals surface area (Å²) in [6.07, 6.45) is 1.52. The molecule has 1 aromatic heterocycles. The first-order valence-corrected chi connectivity index (χ1v) is 8.61. The van der Waals surface area contributed by atoms with Crippen LogP contribution < -0.4 is 4.74 Å². The van der Waals surface area contributed by atoms with E-state index in [1.807, 2.05) is 0 Å². The second-order valence-corrected chi connectivity index (χ2v) is 6.44. The Kier molecular flexibility index (Phi) is 5.60. The lowest BCUT2D eigenvalue weighted by Crippen LogP contribution is -1.96. The van der Waals surface area contributed by atoms with E-state index < -0.39 is 5.97 Å². The molecule has 0 aliphatic carbocycles. The van der Waals surface area contributed by atoms with Crippen molar-refractivity contribution in [3.63, 3.8) is 0 Å². The summed E-state index contributed by atoms with van der Waals surface area (Å²) in [5, 5.41) is 17.8. The first kappa shape index (κ1) is 18.0. The van der Waals surface area contributed by atoms with Crippen LogP contribution in [0.1, 0.15) is 5.56 Å². The average Bonchev–Trinajstić information content (AvgIpc) is 3.10. The van der Waals surface area contributed by atoms with Crippen LogP contribution in [0.25, 0.3) is 17.5 Å². The van der Waals surface area contributed by atoms with E-state index in [0.29, 0.717) is 21.9 Å². The Hall–Kier alpha value is -2.77. The Balaban J connectivity index is 1.84. The molecule has 0 saturated carbocycles. The van der Waals surface area contributed by atoms with Crippen LogP contribution >= 0.6 is 23.4 Å². The van der Waals surface area contributed by atoms with E-state index in [2.05, 4.69) is 10.2 Å². The van der Waals surface area contributed by atoms with Crippen molar-refractivity contribution < 1.29 is 19.1 Å². The topological polar surface area (TPSA) is 85.5 Å². The average molecular weight is 389 g/mol. The summed E-state index contributed by atoms with van der Waals surface area (Å²) < 4.78 is 10.6. The van der Waals surface area contributed by atoms with Crippen LogP contribution in [0.5, 0.6) is 5.75 Å². The highest BCUT2D eigenvalue weighted by atomic mass is 35.5. The van der Waals surface area contributed by atoms with E-state index in [-0.39, 0.29) is 16.0 Å². The number of benzene rings is 2. The van der Waals surface area contributed by atoms with Gasteiger partial charge in [-0.3, -0.25) is 0 Å². The number of hydrogen-bond donors (Lipinski definition) is 1. The standard InChI is InChI=1S/C18H13ClN2O4S/c1-24-12-8-6-11(7-9-12)10-15(17(22)23)26-18-21-20-16(25-18)13-4-2-3-5-14(13)19/h2-10H,1H3,(H,22,23)/b15-10+. The molecule has 3 rings (SSSR count). The van der Waals surface area contributed by atoms with Crippen LogP contribution in [0.4, 0.5) is 0 Å². The fourth-order valence-electron chi connectivity index (χ4n) is 2.07. The molecule has 2 aromatic carbocycles. The number of hydrogen-bond acceptors (Lipinski definition) is 6. The van der Waals surface area contributed by atoms with Crippen molar-refractivity contribution >= 4 is 35.4 Å². The van der Waals surface area contributed by atoms with Gasteiger partial charge in [-0.1, -0.05) is 35.9 Å². The molecule has 0 atom stereocenters. The molecule has 0 spiro atoms. The van der Waals surface area contributed by atoms with Crippen molar-refractivity contribution in [2.24, 2.45) is 0 Å². The first-order chi connectivity index (χ1) is 12.6. The lowest BCUT2D eigenvalue weighted by molar-refractivity contribution is -0.131. The minimum atomic E-state index is -1.09. The number of methoxy groups -OCH3 is 1. The van der Waals surface area contributed by atoms with Gasteiger partial charge in [0.1, 0.15) is 10.7 Å². The summed E-state index contributed by atoms with van der Waals surface area (Å²) >= 11 is 6.98. The molecule has 3 aromatic rings. The number of carboxylic acid groups (broad SMARTS) is 1. The molecule has 1 heterocycles. The summed E-state index contributed by atoms with van der Waals surface area (Å²) in [7, 11) is 1.57. The van der Waals surface area contributed by atoms with Crippen LogP contribution in [-0.4, -0.2) is 28.4 Å². The minimum Gasteiger partial charge on any atom is -0.497 e. The summed E-state index contributed by atoms with van der Waals surface area (Å²) in [4.78, 5) is 11.6. The van der Waals surface area contributed by atoms with Crippen LogP contribution in [0.15, 0.2) is 63.1 Å². The Labute approximate surface area is 158 Å². The third-order valence-electron chi connectivity index (χ3n) is 3.33. The molecule has 0 aliphatic rings. The Bertz CT molecular complexity index is 954. The minimum absolute atomic E-state index is 0.0459. The Morgan fingerprint density at radius 3 is 2.58 bits per heavy atom. The smallest absolute Gasteiger partial charge is 0.342 e. The molecule has 0 amide bonds. The van der Waals surface area contributed by atoms with Crippen molar-refractivity contribution in [2.45, 2.75) is 5.22 Å². The maximum Gasteiger partial charge on any atom is 0.342 e. The number of carbonyl (C=O) groups is 1. The van der Waals surface area contributed by atoms with Gasteiger partial charge in [-0.15, -0.1) is 10.2 Å². The Morgan fingerprint density at radius 2 is 1.92 bits per heavy atom. The van der Waals surface area contributed by atoms with Gasteiger partial charge in [0.15, 0.2) is 0 Å². The highest BCUT2D eigenvalue weighted by molar-refractivity contribution is 8.03. The number of ether oxygens (including phenoxy) is 1. The summed E-state index contributed by atoms with van der Waals surface area (Å²) in [5.74, 6) is -0.177. The predicted octanol–water partition coefficient (Wildman–Crippen LogP) is 4.62. The number of thioether (sulfide) groups is 1. The van der Waals surface area contributed by atoms with Crippen molar-refractivity contribution in [1.82, 2.24) is 10.2 Å². The maximum atomic E-state index is 11.5. The number of aliphatic carboxylic acids is 1. The summed E-state index contributed by atoms with van der Waals surface area (Å²) in [5.41, 5.74) is 1.30. The lowest BCUT2D eigenvalue weighted by atomic mass is 10.2. The number of aromatic nitrogens is 2. The molecule has 26 heavy (non-hydrogen) atoms. The predicted molar refractivity (Wildman–Crippen MR) is 99.2 cm³/mol. The van der Waals surface area contributed by atoms with E-state index in [1.165, 1.54) is 6.08 Å². The van der Waals surface area contributed by atoms with Crippen LogP contribution in [0, 0.1) is 0 Å². The van der Waals surface area contributed by atoms with Crippen LogP contribution in [0.2, 0.25) is 5.02 Å². The number of nitrogens with zero attached hydrogens (tertiary/aromatic N) is 2. The monoisotopic (exact) mass is 388 g/mol. The van der Waals surface area contributed by atoms with E-state index in [9.17, 15) is 9.90 Å². The quantitative estimate of drug-likeness (QED) is 0.487. The molecule has 1 N–H and O–H groups in total. The zero-order valence-electron chi connectivity index (χ0n) is 13.5. The van der Waals surface area contributed by atoms with E-state index in [1.54, 1.807) is 55.6 Å². The lowest BCUT2D eigenvalue weighted by Gasteiger charge is -2.01. The molecule has 0 radical (unpaired) electrons. The van der Waals surface area contributed by atoms with Gasteiger partial charge >= 0.3 is 5.97 Å². The normalized spacial score (nSPS) is 11.4. The second kappa shape index (κ2) is 8.07. The number of rotatable bonds is 6. The van der Waals surface area contributed by atoms with Crippen molar-refractivity contribution in [3.05, 3.63) is 64.0 Å². The number of carboxylic acids is 1. The molecule has 0 unspecified atom stereocenters. The zero-order chi connectivity index (χ0) is 18.5. The maximum absolute atomic E-state index is 11.5. The molecular weight excluding hydrogens is 376 g/mol. The molecule has 0 fully saturated rings. The molecule has 0 aliphatic heterocycles. The van der Waals surface area contributed by atoms with Gasteiger partial charge in [0.2, 0.25) is 5.89 Å². The van der Waals surface area contributed by atoms with E-state index in [4.69, 9.17) is 20.8 Å². The highest BCUT2D eigenvalue weighted by Gasteiger charge is 2.17. The van der Waals surface area contributed by atoms with Gasteiger partial charge in [-0.2, -0.15) is 0 Å².